The van der Waals surface area contributed by atoms with E-state index in [1.807, 2.05) is 12.1 Å². The van der Waals surface area contributed by atoms with Gasteiger partial charge in [0.05, 0.1) is 5.69 Å². The van der Waals surface area contributed by atoms with Crippen molar-refractivity contribution in [3.63, 3.8) is 0 Å². The van der Waals surface area contributed by atoms with Gasteiger partial charge in [0.2, 0.25) is 0 Å². The van der Waals surface area contributed by atoms with Gasteiger partial charge in [-0.05, 0) is 58.3 Å². The van der Waals surface area contributed by atoms with Crippen molar-refractivity contribution in [2.45, 2.75) is 25.8 Å². The zero-order chi connectivity index (χ0) is 28.7. The summed E-state index contributed by atoms with van der Waals surface area (Å²) in [5.41, 5.74) is 15.6. The van der Waals surface area contributed by atoms with Gasteiger partial charge >= 0.3 is 0 Å². The summed E-state index contributed by atoms with van der Waals surface area (Å²) in [5.74, 6) is 0. The molecule has 43 heavy (non-hydrogen) atoms. The number of para-hydroxylation sites is 2. The van der Waals surface area contributed by atoms with Gasteiger partial charge < -0.3 is 14.3 Å². The van der Waals surface area contributed by atoms with Crippen LogP contribution in [0.25, 0.3) is 67.1 Å². The Labute approximate surface area is 250 Å². The third kappa shape index (κ3) is 3.36. The fraction of sp³-hybridized carbons (Fsp3) is 0.100. The lowest BCUT2D eigenvalue weighted by molar-refractivity contribution is 0.606. The summed E-state index contributed by atoms with van der Waals surface area (Å²) in [6.07, 6.45) is 4.32. The van der Waals surface area contributed by atoms with Crippen molar-refractivity contribution in [3.8, 4) is 39.1 Å². The largest absolute Gasteiger partial charge is 0.455 e. The standard InChI is InChI=1S/C40H30N2O/c1-40(2)34-16-7-5-11-29(34)28-10-3-4-13-31(28)37-33-24-41-23-22-35(33)42(39(37)40)26-20-18-25(19-21-26)27-14-9-15-32-30-12-6-8-17-36(30)43-38(27)32/h3-23,41H,24H2,1-2H3. The van der Waals surface area contributed by atoms with Gasteiger partial charge in [-0.1, -0.05) is 111 Å². The van der Waals surface area contributed by atoms with Crippen LogP contribution in [-0.2, 0) is 12.0 Å². The molecule has 7 aromatic rings. The SMILES string of the molecule is CC1(C)c2ccccc2-c2ccccc2-c2c3c(n(-c4ccc(-c5cccc6c5oc5ccccc56)cc4)c21)C=CNC3. The van der Waals surface area contributed by atoms with Crippen LogP contribution in [0.1, 0.15) is 36.4 Å². The summed E-state index contributed by atoms with van der Waals surface area (Å²) in [4.78, 5) is 0. The number of nitrogens with one attached hydrogen (secondary N) is 1. The quantitative estimate of drug-likeness (QED) is 0.230. The van der Waals surface area contributed by atoms with Crippen molar-refractivity contribution in [2.75, 3.05) is 0 Å². The van der Waals surface area contributed by atoms with E-state index in [4.69, 9.17) is 4.42 Å². The molecule has 0 bridgehead atoms. The van der Waals surface area contributed by atoms with Crippen LogP contribution in [-0.4, -0.2) is 4.57 Å². The van der Waals surface area contributed by atoms with Gasteiger partial charge in [-0.15, -0.1) is 0 Å². The fourth-order valence-corrected chi connectivity index (χ4v) is 7.53. The monoisotopic (exact) mass is 554 g/mol. The van der Waals surface area contributed by atoms with E-state index in [0.29, 0.717) is 0 Å². The Balaban J connectivity index is 1.28. The average Bonchev–Trinajstić information content (AvgIpc) is 3.59. The highest BCUT2D eigenvalue weighted by molar-refractivity contribution is 6.09. The van der Waals surface area contributed by atoms with Gasteiger partial charge in [-0.3, -0.25) is 0 Å². The molecule has 0 saturated carbocycles. The zero-order valence-electron chi connectivity index (χ0n) is 24.2. The van der Waals surface area contributed by atoms with Crippen LogP contribution in [0, 0.1) is 0 Å². The molecule has 0 unspecified atom stereocenters. The maximum Gasteiger partial charge on any atom is 0.143 e. The molecule has 0 amide bonds. The van der Waals surface area contributed by atoms with Crippen molar-refractivity contribution in [3.05, 3.63) is 144 Å². The third-order valence-electron chi connectivity index (χ3n) is 9.47. The van der Waals surface area contributed by atoms with Crippen molar-refractivity contribution in [1.82, 2.24) is 9.88 Å². The molecule has 0 saturated heterocycles. The van der Waals surface area contributed by atoms with Crippen molar-refractivity contribution in [2.24, 2.45) is 0 Å². The second kappa shape index (κ2) is 8.86. The maximum absolute atomic E-state index is 6.38. The summed E-state index contributed by atoms with van der Waals surface area (Å²) < 4.78 is 8.88. The molecule has 3 nitrogen and oxygen atoms in total. The predicted molar refractivity (Wildman–Crippen MR) is 177 cm³/mol. The summed E-state index contributed by atoms with van der Waals surface area (Å²) in [6, 6.07) is 41.6. The number of furan rings is 1. The maximum atomic E-state index is 6.38. The van der Waals surface area contributed by atoms with Crippen LogP contribution in [0.5, 0.6) is 0 Å². The molecule has 206 valence electrons. The molecule has 0 spiro atoms. The highest BCUT2D eigenvalue weighted by Crippen LogP contribution is 2.52. The molecule has 9 rings (SSSR count). The van der Waals surface area contributed by atoms with Crippen molar-refractivity contribution < 1.29 is 4.42 Å². The minimum atomic E-state index is -0.241. The molecule has 0 atom stereocenters. The Bertz CT molecular complexity index is 2260. The Morgan fingerprint density at radius 1 is 0.674 bits per heavy atom. The van der Waals surface area contributed by atoms with E-state index in [-0.39, 0.29) is 5.41 Å². The molecular weight excluding hydrogens is 524 g/mol. The van der Waals surface area contributed by atoms with E-state index in [9.17, 15) is 0 Å². The lowest BCUT2D eigenvalue weighted by atomic mass is 9.78. The first-order chi connectivity index (χ1) is 21.1. The van der Waals surface area contributed by atoms with Crippen LogP contribution < -0.4 is 5.32 Å². The number of aromatic nitrogens is 1. The van der Waals surface area contributed by atoms with Crippen LogP contribution in [0.2, 0.25) is 0 Å². The molecule has 1 aliphatic carbocycles. The number of hydrogen-bond acceptors (Lipinski definition) is 2. The van der Waals surface area contributed by atoms with Gasteiger partial charge in [0.15, 0.2) is 0 Å². The first-order valence-corrected chi connectivity index (χ1v) is 15.0. The van der Waals surface area contributed by atoms with Crippen LogP contribution >= 0.6 is 0 Å². The Morgan fingerprint density at radius 3 is 2.23 bits per heavy atom. The lowest BCUT2D eigenvalue weighted by Gasteiger charge is -2.29. The molecule has 1 aliphatic heterocycles. The fourth-order valence-electron chi connectivity index (χ4n) is 7.53. The number of rotatable bonds is 2. The van der Waals surface area contributed by atoms with E-state index in [0.717, 1.165) is 45.3 Å². The summed E-state index contributed by atoms with van der Waals surface area (Å²) in [6.45, 7) is 5.56. The minimum absolute atomic E-state index is 0.241. The molecule has 3 heterocycles. The molecule has 1 N–H and O–H groups in total. The predicted octanol–water partition coefficient (Wildman–Crippen LogP) is 10.1. The third-order valence-corrected chi connectivity index (χ3v) is 9.47. The Hall–Kier alpha value is -5.28. The van der Waals surface area contributed by atoms with Gasteiger partial charge in [0, 0.05) is 50.8 Å². The minimum Gasteiger partial charge on any atom is -0.455 e. The van der Waals surface area contributed by atoms with Crippen molar-refractivity contribution in [1.29, 1.82) is 0 Å². The van der Waals surface area contributed by atoms with Crippen molar-refractivity contribution >= 4 is 28.0 Å². The summed E-state index contributed by atoms with van der Waals surface area (Å²) in [7, 11) is 0. The van der Waals surface area contributed by atoms with Crippen LogP contribution in [0.4, 0.5) is 0 Å². The highest BCUT2D eigenvalue weighted by Gasteiger charge is 2.39. The topological polar surface area (TPSA) is 30.1 Å². The van der Waals surface area contributed by atoms with Gasteiger partial charge in [0.1, 0.15) is 11.2 Å². The molecule has 2 aliphatic rings. The number of benzene rings is 5. The Kier molecular flexibility index (Phi) is 5.01. The van der Waals surface area contributed by atoms with E-state index in [1.165, 1.54) is 44.8 Å². The first kappa shape index (κ1) is 24.3. The number of fused-ring (bicyclic) bond motifs is 10. The van der Waals surface area contributed by atoms with Gasteiger partial charge in [0.25, 0.3) is 0 Å². The number of hydrogen-bond donors (Lipinski definition) is 1. The van der Waals surface area contributed by atoms with E-state index < -0.39 is 0 Å². The zero-order valence-corrected chi connectivity index (χ0v) is 24.2. The Morgan fingerprint density at radius 2 is 1.37 bits per heavy atom. The molecule has 5 aromatic carbocycles. The molecule has 3 heteroatoms. The lowest BCUT2D eigenvalue weighted by Crippen LogP contribution is -2.24. The van der Waals surface area contributed by atoms with E-state index in [2.05, 4.69) is 139 Å². The summed E-state index contributed by atoms with van der Waals surface area (Å²) >= 11 is 0. The van der Waals surface area contributed by atoms with Gasteiger partial charge in [-0.25, -0.2) is 0 Å². The average molecular weight is 555 g/mol. The molecular formula is C40H30N2O. The highest BCUT2D eigenvalue weighted by atomic mass is 16.3. The van der Waals surface area contributed by atoms with Crippen LogP contribution in [0.3, 0.4) is 0 Å². The van der Waals surface area contributed by atoms with E-state index >= 15 is 0 Å². The van der Waals surface area contributed by atoms with E-state index in [1.54, 1.807) is 0 Å². The molecule has 0 fully saturated rings. The first-order valence-electron chi connectivity index (χ1n) is 15.0. The van der Waals surface area contributed by atoms with Gasteiger partial charge in [-0.2, -0.15) is 0 Å². The summed E-state index contributed by atoms with van der Waals surface area (Å²) in [5, 5.41) is 5.81. The second-order valence-corrected chi connectivity index (χ2v) is 12.2. The number of nitrogens with zero attached hydrogens (tertiary/aromatic N) is 1. The molecule has 0 radical (unpaired) electrons. The molecule has 2 aromatic heterocycles. The smallest absolute Gasteiger partial charge is 0.143 e. The van der Waals surface area contributed by atoms with Crippen LogP contribution in [0.15, 0.2) is 126 Å². The second-order valence-electron chi connectivity index (χ2n) is 12.2. The normalized spacial score (nSPS) is 14.5.